The maximum absolute atomic E-state index is 11.1. The Morgan fingerprint density at radius 2 is 2.50 bits per heavy atom. The van der Waals surface area contributed by atoms with Gasteiger partial charge in [-0.3, -0.25) is 4.79 Å². The zero-order valence-corrected chi connectivity index (χ0v) is 7.67. The van der Waals surface area contributed by atoms with E-state index < -0.39 is 0 Å². The Morgan fingerprint density at radius 3 is 3.08 bits per heavy atom. The van der Waals surface area contributed by atoms with Gasteiger partial charge in [-0.1, -0.05) is 6.92 Å². The minimum atomic E-state index is -0.159. The Bertz CT molecular complexity index is 161. The smallest absolute Gasteiger partial charge is 0.324 e. The van der Waals surface area contributed by atoms with Crippen molar-refractivity contribution in [1.29, 1.82) is 0 Å². The van der Waals surface area contributed by atoms with E-state index in [1.54, 1.807) is 0 Å². The standard InChI is InChI=1S/C8H16N2O2/c1-3-10-5-4-9-7(6-10)8(11)12-2/h7,9H,3-6H2,1-2H3/t7-/m1/s1. The van der Waals surface area contributed by atoms with Crippen molar-refractivity contribution in [2.75, 3.05) is 33.3 Å². The summed E-state index contributed by atoms with van der Waals surface area (Å²) in [5.74, 6) is -0.159. The molecule has 0 spiro atoms. The van der Waals surface area contributed by atoms with E-state index in [-0.39, 0.29) is 12.0 Å². The second-order valence-electron chi connectivity index (χ2n) is 2.92. The number of hydrogen-bond acceptors (Lipinski definition) is 4. The molecule has 70 valence electrons. The molecule has 0 amide bonds. The van der Waals surface area contributed by atoms with Gasteiger partial charge < -0.3 is 15.0 Å². The molecule has 0 aromatic rings. The van der Waals surface area contributed by atoms with Gasteiger partial charge in [0.2, 0.25) is 0 Å². The van der Waals surface area contributed by atoms with Crippen LogP contribution in [0.2, 0.25) is 0 Å². The van der Waals surface area contributed by atoms with E-state index in [1.165, 1.54) is 7.11 Å². The summed E-state index contributed by atoms with van der Waals surface area (Å²) in [6.07, 6.45) is 0. The summed E-state index contributed by atoms with van der Waals surface area (Å²) in [6.45, 7) is 5.75. The molecular formula is C8H16N2O2. The monoisotopic (exact) mass is 172 g/mol. The molecule has 12 heavy (non-hydrogen) atoms. The maximum Gasteiger partial charge on any atom is 0.324 e. The van der Waals surface area contributed by atoms with E-state index in [4.69, 9.17) is 0 Å². The summed E-state index contributed by atoms with van der Waals surface area (Å²) in [4.78, 5) is 13.4. The van der Waals surface area contributed by atoms with Gasteiger partial charge in [-0.2, -0.15) is 0 Å². The van der Waals surface area contributed by atoms with E-state index in [0.29, 0.717) is 0 Å². The van der Waals surface area contributed by atoms with Gasteiger partial charge in [-0.05, 0) is 6.54 Å². The van der Waals surface area contributed by atoms with Crippen LogP contribution < -0.4 is 5.32 Å². The summed E-state index contributed by atoms with van der Waals surface area (Å²) in [5.41, 5.74) is 0. The molecule has 1 saturated heterocycles. The first-order valence-electron chi connectivity index (χ1n) is 4.31. The molecule has 1 fully saturated rings. The number of piperazine rings is 1. The van der Waals surface area contributed by atoms with Gasteiger partial charge in [-0.15, -0.1) is 0 Å². The fourth-order valence-electron chi connectivity index (χ4n) is 1.40. The van der Waals surface area contributed by atoms with E-state index in [2.05, 4.69) is 21.9 Å². The number of methoxy groups -OCH3 is 1. The van der Waals surface area contributed by atoms with Gasteiger partial charge in [0.25, 0.3) is 0 Å². The highest BCUT2D eigenvalue weighted by Crippen LogP contribution is 1.99. The molecule has 0 aromatic heterocycles. The molecule has 1 aliphatic rings. The minimum Gasteiger partial charge on any atom is -0.468 e. The van der Waals surface area contributed by atoms with Crippen LogP contribution >= 0.6 is 0 Å². The van der Waals surface area contributed by atoms with Crippen LogP contribution in [0, 0.1) is 0 Å². The molecule has 0 unspecified atom stereocenters. The highest BCUT2D eigenvalue weighted by atomic mass is 16.5. The average Bonchev–Trinajstić information content (AvgIpc) is 2.17. The van der Waals surface area contributed by atoms with Crippen LogP contribution in [0.1, 0.15) is 6.92 Å². The third-order valence-electron chi connectivity index (χ3n) is 2.19. The van der Waals surface area contributed by atoms with Crippen LogP contribution in [0.15, 0.2) is 0 Å². The Kier molecular flexibility index (Phi) is 3.49. The lowest BCUT2D eigenvalue weighted by Crippen LogP contribution is -2.54. The maximum atomic E-state index is 11.1. The van der Waals surface area contributed by atoms with Crippen LogP contribution in [0.3, 0.4) is 0 Å². The summed E-state index contributed by atoms with van der Waals surface area (Å²) >= 11 is 0. The molecule has 0 aromatic carbocycles. The van der Waals surface area contributed by atoms with E-state index in [0.717, 1.165) is 26.2 Å². The number of ether oxygens (including phenoxy) is 1. The average molecular weight is 172 g/mol. The lowest BCUT2D eigenvalue weighted by molar-refractivity contribution is -0.144. The molecule has 1 N–H and O–H groups in total. The SMILES string of the molecule is CCN1CCN[C@@H](C(=O)OC)C1. The van der Waals surface area contributed by atoms with Crippen molar-refractivity contribution in [3.8, 4) is 0 Å². The van der Waals surface area contributed by atoms with E-state index in [1.807, 2.05) is 0 Å². The van der Waals surface area contributed by atoms with Crippen molar-refractivity contribution in [3.05, 3.63) is 0 Å². The van der Waals surface area contributed by atoms with Crippen LogP contribution in [0.25, 0.3) is 0 Å². The number of rotatable bonds is 2. The Labute approximate surface area is 72.9 Å². The number of nitrogens with zero attached hydrogens (tertiary/aromatic N) is 1. The second-order valence-corrected chi connectivity index (χ2v) is 2.92. The van der Waals surface area contributed by atoms with Crippen molar-refractivity contribution in [2.45, 2.75) is 13.0 Å². The molecule has 1 heterocycles. The minimum absolute atomic E-state index is 0.135. The molecule has 0 radical (unpaired) electrons. The topological polar surface area (TPSA) is 41.6 Å². The quantitative estimate of drug-likeness (QED) is 0.568. The zero-order chi connectivity index (χ0) is 8.97. The van der Waals surface area contributed by atoms with Crippen molar-refractivity contribution >= 4 is 5.97 Å². The summed E-state index contributed by atoms with van der Waals surface area (Å²) in [5, 5.41) is 3.12. The number of nitrogens with one attached hydrogen (secondary N) is 1. The number of likely N-dealkylation sites (N-methyl/N-ethyl adjacent to an activating group) is 1. The Morgan fingerprint density at radius 1 is 1.75 bits per heavy atom. The van der Waals surface area contributed by atoms with Gasteiger partial charge in [0.15, 0.2) is 0 Å². The van der Waals surface area contributed by atoms with Crippen LogP contribution in [0.5, 0.6) is 0 Å². The third-order valence-corrected chi connectivity index (χ3v) is 2.19. The van der Waals surface area contributed by atoms with Crippen molar-refractivity contribution in [3.63, 3.8) is 0 Å². The molecule has 0 saturated carbocycles. The van der Waals surface area contributed by atoms with Crippen molar-refractivity contribution in [2.24, 2.45) is 0 Å². The highest BCUT2D eigenvalue weighted by Gasteiger charge is 2.24. The third kappa shape index (κ3) is 2.19. The van der Waals surface area contributed by atoms with Crippen LogP contribution in [-0.2, 0) is 9.53 Å². The molecule has 0 aliphatic carbocycles. The van der Waals surface area contributed by atoms with Gasteiger partial charge >= 0.3 is 5.97 Å². The van der Waals surface area contributed by atoms with Gasteiger partial charge in [0.05, 0.1) is 7.11 Å². The fraction of sp³-hybridized carbons (Fsp3) is 0.875. The number of carbonyl (C=O) groups is 1. The number of hydrogen-bond donors (Lipinski definition) is 1. The molecule has 0 bridgehead atoms. The number of esters is 1. The normalized spacial score (nSPS) is 25.3. The molecular weight excluding hydrogens is 156 g/mol. The van der Waals surface area contributed by atoms with E-state index >= 15 is 0 Å². The first-order valence-corrected chi connectivity index (χ1v) is 4.31. The second kappa shape index (κ2) is 4.42. The van der Waals surface area contributed by atoms with Crippen molar-refractivity contribution < 1.29 is 9.53 Å². The zero-order valence-electron chi connectivity index (χ0n) is 7.67. The molecule has 4 heteroatoms. The molecule has 4 nitrogen and oxygen atoms in total. The lowest BCUT2D eigenvalue weighted by Gasteiger charge is -2.31. The first-order chi connectivity index (χ1) is 5.77. The van der Waals surface area contributed by atoms with E-state index in [9.17, 15) is 4.79 Å². The first kappa shape index (κ1) is 9.48. The highest BCUT2D eigenvalue weighted by molar-refractivity contribution is 5.76. The fourth-order valence-corrected chi connectivity index (χ4v) is 1.40. The van der Waals surface area contributed by atoms with Gasteiger partial charge in [0.1, 0.15) is 6.04 Å². The Balaban J connectivity index is 2.40. The summed E-state index contributed by atoms with van der Waals surface area (Å²) in [7, 11) is 1.43. The Hall–Kier alpha value is -0.610. The summed E-state index contributed by atoms with van der Waals surface area (Å²) in [6, 6.07) is -0.135. The predicted molar refractivity (Wildman–Crippen MR) is 45.9 cm³/mol. The largest absolute Gasteiger partial charge is 0.468 e. The number of carbonyl (C=O) groups excluding carboxylic acids is 1. The molecule has 1 atom stereocenters. The molecule has 1 aliphatic heterocycles. The molecule has 1 rings (SSSR count). The van der Waals surface area contributed by atoms with Gasteiger partial charge in [-0.25, -0.2) is 0 Å². The van der Waals surface area contributed by atoms with Gasteiger partial charge in [0, 0.05) is 19.6 Å². The van der Waals surface area contributed by atoms with Crippen LogP contribution in [0.4, 0.5) is 0 Å². The van der Waals surface area contributed by atoms with Crippen molar-refractivity contribution in [1.82, 2.24) is 10.2 Å². The predicted octanol–water partition coefficient (Wildman–Crippen LogP) is -0.547. The summed E-state index contributed by atoms with van der Waals surface area (Å²) < 4.78 is 4.65. The lowest BCUT2D eigenvalue weighted by atomic mass is 10.2. The van der Waals surface area contributed by atoms with Crippen LogP contribution in [-0.4, -0.2) is 50.2 Å².